The molecule has 3 N–H and O–H groups in total. The molecule has 7 heteroatoms. The van der Waals surface area contributed by atoms with Crippen molar-refractivity contribution >= 4 is 33.5 Å². The number of halogens is 1. The minimum atomic E-state index is -0.726. The van der Waals surface area contributed by atoms with Crippen molar-refractivity contribution in [1.82, 2.24) is 9.97 Å². The maximum atomic E-state index is 11.1. The molecule has 2 rings (SSSR count). The first kappa shape index (κ1) is 13.1. The Morgan fingerprint density at radius 3 is 3.00 bits per heavy atom. The minimum absolute atomic E-state index is 0.0661. The van der Waals surface area contributed by atoms with Gasteiger partial charge in [0.2, 0.25) is 0 Å². The van der Waals surface area contributed by atoms with E-state index < -0.39 is 5.97 Å². The molecular formula is C11H15BrN4O2. The Morgan fingerprint density at radius 2 is 2.39 bits per heavy atom. The molecule has 0 amide bonds. The van der Waals surface area contributed by atoms with Crippen LogP contribution < -0.4 is 10.6 Å². The predicted molar refractivity (Wildman–Crippen MR) is 71.3 cm³/mol. The Morgan fingerprint density at radius 1 is 1.67 bits per heavy atom. The highest BCUT2D eigenvalue weighted by Gasteiger charge is 2.32. The number of nitrogen functional groups attached to an aromatic ring is 1. The topological polar surface area (TPSA) is 92.3 Å². The first-order chi connectivity index (χ1) is 8.49. The monoisotopic (exact) mass is 314 g/mol. The van der Waals surface area contributed by atoms with Crippen LogP contribution in [0.2, 0.25) is 0 Å². The number of anilines is 2. The molecule has 6 nitrogen and oxygen atoms in total. The molecule has 98 valence electrons. The molecule has 0 aromatic carbocycles. The Bertz CT molecular complexity index is 468. The molecule has 2 atom stereocenters. The first-order valence-electron chi connectivity index (χ1n) is 5.75. The summed E-state index contributed by atoms with van der Waals surface area (Å²) in [6.07, 6.45) is 2.15. The summed E-state index contributed by atoms with van der Waals surface area (Å²) in [6, 6.07) is 0. The summed E-state index contributed by atoms with van der Waals surface area (Å²) >= 11 is 3.26. The quantitative estimate of drug-likeness (QED) is 0.856. The summed E-state index contributed by atoms with van der Waals surface area (Å²) in [5.74, 6) is 0.0497. The van der Waals surface area contributed by atoms with Gasteiger partial charge in [-0.15, -0.1) is 0 Å². The molecule has 0 saturated carbocycles. The molecule has 1 saturated heterocycles. The highest BCUT2D eigenvalue weighted by Crippen LogP contribution is 2.29. The van der Waals surface area contributed by atoms with Crippen molar-refractivity contribution < 1.29 is 9.90 Å². The Labute approximate surface area is 113 Å². The van der Waals surface area contributed by atoms with Gasteiger partial charge in [-0.1, -0.05) is 6.92 Å². The van der Waals surface area contributed by atoms with Gasteiger partial charge in [-0.25, -0.2) is 9.97 Å². The number of carboxylic acid groups (broad SMARTS) is 1. The van der Waals surface area contributed by atoms with Gasteiger partial charge in [-0.2, -0.15) is 0 Å². The van der Waals surface area contributed by atoms with E-state index in [1.165, 1.54) is 0 Å². The van der Waals surface area contributed by atoms with E-state index in [0.29, 0.717) is 35.7 Å². The molecule has 0 radical (unpaired) electrons. The predicted octanol–water partition coefficient (Wildman–Crippen LogP) is 1.37. The second-order valence-corrected chi connectivity index (χ2v) is 5.37. The Balaban J connectivity index is 2.17. The summed E-state index contributed by atoms with van der Waals surface area (Å²) in [7, 11) is 0. The van der Waals surface area contributed by atoms with Crippen molar-refractivity contribution in [2.24, 2.45) is 11.8 Å². The van der Waals surface area contributed by atoms with Crippen molar-refractivity contribution in [2.75, 3.05) is 23.7 Å². The van der Waals surface area contributed by atoms with Crippen LogP contribution in [0.15, 0.2) is 10.8 Å². The number of hydrogen-bond donors (Lipinski definition) is 2. The number of carbonyl (C=O) groups is 1. The van der Waals surface area contributed by atoms with E-state index in [1.807, 2.05) is 11.8 Å². The zero-order chi connectivity index (χ0) is 13.3. The van der Waals surface area contributed by atoms with Crippen molar-refractivity contribution in [3.05, 3.63) is 10.8 Å². The number of piperidine rings is 1. The van der Waals surface area contributed by atoms with Gasteiger partial charge in [-0.3, -0.25) is 4.79 Å². The van der Waals surface area contributed by atoms with Gasteiger partial charge in [0, 0.05) is 13.1 Å². The van der Waals surface area contributed by atoms with E-state index in [2.05, 4.69) is 25.9 Å². The second-order valence-electron chi connectivity index (χ2n) is 4.56. The normalized spacial score (nSPS) is 24.0. The number of aromatic nitrogens is 2. The third-order valence-electron chi connectivity index (χ3n) is 3.27. The highest BCUT2D eigenvalue weighted by atomic mass is 79.9. The molecule has 1 aliphatic rings. The van der Waals surface area contributed by atoms with E-state index in [4.69, 9.17) is 10.8 Å². The molecule has 0 spiro atoms. The minimum Gasteiger partial charge on any atom is -0.481 e. The second kappa shape index (κ2) is 5.09. The number of aliphatic carboxylic acids is 1. The molecule has 1 aromatic heterocycles. The molecular weight excluding hydrogens is 300 g/mol. The summed E-state index contributed by atoms with van der Waals surface area (Å²) in [5.41, 5.74) is 5.81. The number of nitrogens with two attached hydrogens (primary N) is 1. The molecule has 18 heavy (non-hydrogen) atoms. The van der Waals surface area contributed by atoms with Crippen molar-refractivity contribution in [3.63, 3.8) is 0 Å². The maximum Gasteiger partial charge on any atom is 0.306 e. The summed E-state index contributed by atoms with van der Waals surface area (Å²) in [5, 5.41) is 9.09. The van der Waals surface area contributed by atoms with Gasteiger partial charge >= 0.3 is 5.97 Å². The van der Waals surface area contributed by atoms with Crippen LogP contribution in [0.25, 0.3) is 0 Å². The molecule has 2 unspecified atom stereocenters. The lowest BCUT2D eigenvalue weighted by atomic mass is 9.87. The van der Waals surface area contributed by atoms with Crippen molar-refractivity contribution in [3.8, 4) is 0 Å². The first-order valence-corrected chi connectivity index (χ1v) is 6.54. The largest absolute Gasteiger partial charge is 0.481 e. The number of rotatable bonds is 2. The average Bonchev–Trinajstić information content (AvgIpc) is 2.31. The fourth-order valence-corrected chi connectivity index (χ4v) is 2.58. The molecule has 0 bridgehead atoms. The lowest BCUT2D eigenvalue weighted by Gasteiger charge is -2.35. The van der Waals surface area contributed by atoms with Crippen LogP contribution >= 0.6 is 15.9 Å². The van der Waals surface area contributed by atoms with Gasteiger partial charge < -0.3 is 15.7 Å². The van der Waals surface area contributed by atoms with E-state index in [-0.39, 0.29) is 11.8 Å². The fraction of sp³-hybridized carbons (Fsp3) is 0.545. The van der Waals surface area contributed by atoms with Gasteiger partial charge in [0.25, 0.3) is 0 Å². The lowest BCUT2D eigenvalue weighted by Crippen LogP contribution is -2.42. The van der Waals surface area contributed by atoms with Crippen LogP contribution in [0.3, 0.4) is 0 Å². The van der Waals surface area contributed by atoms with Gasteiger partial charge in [0.1, 0.15) is 4.60 Å². The van der Waals surface area contributed by atoms with Gasteiger partial charge in [0.05, 0.1) is 12.1 Å². The molecule has 2 heterocycles. The Kier molecular flexibility index (Phi) is 3.70. The van der Waals surface area contributed by atoms with Crippen molar-refractivity contribution in [2.45, 2.75) is 13.3 Å². The van der Waals surface area contributed by atoms with Crippen LogP contribution in [-0.2, 0) is 4.79 Å². The molecule has 1 aromatic rings. The van der Waals surface area contributed by atoms with Gasteiger partial charge in [0.15, 0.2) is 11.6 Å². The van der Waals surface area contributed by atoms with E-state index in [9.17, 15) is 4.79 Å². The van der Waals surface area contributed by atoms with Gasteiger partial charge in [-0.05, 0) is 28.3 Å². The van der Waals surface area contributed by atoms with Crippen LogP contribution in [0.4, 0.5) is 11.6 Å². The number of carboxylic acids is 1. The molecule has 1 aliphatic heterocycles. The highest BCUT2D eigenvalue weighted by molar-refractivity contribution is 9.10. The van der Waals surface area contributed by atoms with E-state index in [1.54, 1.807) is 6.20 Å². The van der Waals surface area contributed by atoms with Crippen LogP contribution in [0.1, 0.15) is 13.3 Å². The van der Waals surface area contributed by atoms with Crippen LogP contribution in [0, 0.1) is 11.8 Å². The SMILES string of the molecule is CC1CN(c2nc(Br)cnc2N)CCC1C(=O)O. The lowest BCUT2D eigenvalue weighted by molar-refractivity contribution is -0.144. The average molecular weight is 315 g/mol. The van der Waals surface area contributed by atoms with E-state index >= 15 is 0 Å². The third kappa shape index (κ3) is 2.55. The molecule has 0 aliphatic carbocycles. The molecule has 1 fully saturated rings. The smallest absolute Gasteiger partial charge is 0.306 e. The summed E-state index contributed by atoms with van der Waals surface area (Å²) in [6.45, 7) is 3.20. The summed E-state index contributed by atoms with van der Waals surface area (Å²) < 4.78 is 0.625. The summed E-state index contributed by atoms with van der Waals surface area (Å²) in [4.78, 5) is 21.4. The number of nitrogens with zero attached hydrogens (tertiary/aromatic N) is 3. The van der Waals surface area contributed by atoms with Crippen molar-refractivity contribution in [1.29, 1.82) is 0 Å². The Hall–Kier alpha value is -1.37. The van der Waals surface area contributed by atoms with Crippen LogP contribution in [0.5, 0.6) is 0 Å². The zero-order valence-corrected chi connectivity index (χ0v) is 11.6. The standard InChI is InChI=1S/C11H15BrN4O2/c1-6-5-16(3-2-7(6)11(17)18)10-9(13)14-4-8(12)15-10/h4,6-7H,2-3,5H2,1H3,(H2,13,14)(H,17,18). The zero-order valence-electron chi connectivity index (χ0n) is 10.0. The maximum absolute atomic E-state index is 11.1. The van der Waals surface area contributed by atoms with Crippen LogP contribution in [-0.4, -0.2) is 34.1 Å². The number of hydrogen-bond acceptors (Lipinski definition) is 5. The third-order valence-corrected chi connectivity index (χ3v) is 3.66. The fourth-order valence-electron chi connectivity index (χ4n) is 2.31. The van der Waals surface area contributed by atoms with E-state index in [0.717, 1.165) is 0 Å².